The monoisotopic (exact) mass is 483 g/mol. The first-order chi connectivity index (χ1) is 16.4. The molecule has 0 aliphatic heterocycles. The van der Waals surface area contributed by atoms with Gasteiger partial charge in [-0.2, -0.15) is 0 Å². The Morgan fingerprint density at radius 2 is 1.41 bits per heavy atom. The summed E-state index contributed by atoms with van der Waals surface area (Å²) in [6.07, 6.45) is 0.517. The van der Waals surface area contributed by atoms with Crippen molar-refractivity contribution in [2.45, 2.75) is 35.0 Å². The molecule has 0 aliphatic rings. The predicted molar refractivity (Wildman–Crippen MR) is 140 cm³/mol. The van der Waals surface area contributed by atoms with Crippen LogP contribution in [0.25, 0.3) is 10.9 Å². The maximum Gasteiger partial charge on any atom is 0.268 e. The van der Waals surface area contributed by atoms with Crippen molar-refractivity contribution in [1.82, 2.24) is 3.97 Å². The van der Waals surface area contributed by atoms with Crippen molar-refractivity contribution in [3.63, 3.8) is 0 Å². The molecule has 4 aromatic carbocycles. The zero-order valence-corrected chi connectivity index (χ0v) is 20.7. The molecule has 0 aliphatic carbocycles. The Morgan fingerprint density at radius 1 is 0.765 bits per heavy atom. The summed E-state index contributed by atoms with van der Waals surface area (Å²) in [5.41, 5.74) is 4.92. The highest BCUT2D eigenvalue weighted by Gasteiger charge is 2.27. The smallest absolute Gasteiger partial charge is 0.236 e. The third-order valence-electron chi connectivity index (χ3n) is 5.98. The molecule has 5 aromatic rings. The van der Waals surface area contributed by atoms with Gasteiger partial charge in [0.2, 0.25) is 0 Å². The van der Waals surface area contributed by atoms with Crippen molar-refractivity contribution in [3.8, 4) is 0 Å². The highest BCUT2D eigenvalue weighted by atomic mass is 32.2. The Morgan fingerprint density at radius 3 is 2.15 bits per heavy atom. The molecule has 0 unspecified atom stereocenters. The Hall–Kier alpha value is -3.28. The molecule has 0 N–H and O–H groups in total. The molecule has 0 saturated heterocycles. The third kappa shape index (κ3) is 4.17. The minimum absolute atomic E-state index is 0.286. The number of hydrogen-bond donors (Lipinski definition) is 0. The minimum Gasteiger partial charge on any atom is -0.236 e. The largest absolute Gasteiger partial charge is 0.268 e. The molecule has 1 aromatic heterocycles. The van der Waals surface area contributed by atoms with Crippen LogP contribution < -0.4 is 0 Å². The van der Waals surface area contributed by atoms with Crippen LogP contribution in [0.4, 0.5) is 0 Å². The van der Waals surface area contributed by atoms with Gasteiger partial charge in [0.15, 0.2) is 0 Å². The Labute approximate surface area is 205 Å². The van der Waals surface area contributed by atoms with E-state index in [0.29, 0.717) is 11.9 Å². The highest BCUT2D eigenvalue weighted by Crippen LogP contribution is 2.41. The van der Waals surface area contributed by atoms with Crippen LogP contribution in [0.1, 0.15) is 22.4 Å². The maximum atomic E-state index is 14.0. The molecule has 0 amide bonds. The zero-order chi connectivity index (χ0) is 23.7. The van der Waals surface area contributed by atoms with E-state index in [4.69, 9.17) is 0 Å². The van der Waals surface area contributed by atoms with Gasteiger partial charge in [-0.05, 0) is 55.3 Å². The fraction of sp³-hybridized carbons (Fsp3) is 0.103. The molecule has 170 valence electrons. The summed E-state index contributed by atoms with van der Waals surface area (Å²) in [5, 5.41) is 0.941. The van der Waals surface area contributed by atoms with Gasteiger partial charge in [-0.3, -0.25) is 0 Å². The van der Waals surface area contributed by atoms with E-state index in [2.05, 4.69) is 44.2 Å². The van der Waals surface area contributed by atoms with Gasteiger partial charge in [-0.15, -0.1) is 0 Å². The fourth-order valence-electron chi connectivity index (χ4n) is 4.25. The Bertz CT molecular complexity index is 1570. The maximum absolute atomic E-state index is 14.0. The zero-order valence-electron chi connectivity index (χ0n) is 19.1. The number of benzene rings is 4. The average molecular weight is 484 g/mol. The Balaban J connectivity index is 1.81. The second-order valence-electron chi connectivity index (χ2n) is 8.40. The van der Waals surface area contributed by atoms with Crippen LogP contribution in [0.5, 0.6) is 0 Å². The van der Waals surface area contributed by atoms with Crippen molar-refractivity contribution in [1.29, 1.82) is 0 Å². The molecule has 0 fully saturated rings. The number of aromatic nitrogens is 1. The number of hydrogen-bond acceptors (Lipinski definition) is 3. The normalized spacial score (nSPS) is 11.7. The molecule has 3 nitrogen and oxygen atoms in total. The number of para-hydroxylation sites is 1. The van der Waals surface area contributed by atoms with Crippen molar-refractivity contribution >= 4 is 32.7 Å². The van der Waals surface area contributed by atoms with Crippen LogP contribution in [-0.2, 0) is 16.4 Å². The average Bonchev–Trinajstić information content (AvgIpc) is 3.16. The van der Waals surface area contributed by atoms with E-state index in [9.17, 15) is 8.42 Å². The third-order valence-corrected chi connectivity index (χ3v) is 8.92. The lowest BCUT2D eigenvalue weighted by Gasteiger charge is -2.15. The molecule has 34 heavy (non-hydrogen) atoms. The summed E-state index contributed by atoms with van der Waals surface area (Å²) in [5.74, 6) is 0. The molecule has 0 atom stereocenters. The molecule has 0 saturated carbocycles. The quantitative estimate of drug-likeness (QED) is 0.256. The van der Waals surface area contributed by atoms with Crippen molar-refractivity contribution in [2.75, 3.05) is 0 Å². The van der Waals surface area contributed by atoms with Gasteiger partial charge >= 0.3 is 0 Å². The van der Waals surface area contributed by atoms with E-state index in [1.807, 2.05) is 48.5 Å². The van der Waals surface area contributed by atoms with Gasteiger partial charge in [0.25, 0.3) is 10.0 Å². The molecule has 0 radical (unpaired) electrons. The lowest BCUT2D eigenvalue weighted by molar-refractivity contribution is 0.587. The van der Waals surface area contributed by atoms with E-state index in [0.717, 1.165) is 37.6 Å². The molecular weight excluding hydrogens is 458 g/mol. The van der Waals surface area contributed by atoms with Crippen molar-refractivity contribution < 1.29 is 8.42 Å². The first-order valence-corrected chi connectivity index (χ1v) is 13.4. The van der Waals surface area contributed by atoms with Gasteiger partial charge < -0.3 is 0 Å². The first kappa shape index (κ1) is 22.5. The van der Waals surface area contributed by atoms with Crippen molar-refractivity contribution in [3.05, 3.63) is 126 Å². The number of rotatable bonds is 6. The molecule has 0 bridgehead atoms. The molecular formula is C29H25NO2S2. The van der Waals surface area contributed by atoms with Gasteiger partial charge in [-0.25, -0.2) is 12.4 Å². The number of fused-ring (bicyclic) bond motifs is 1. The van der Waals surface area contributed by atoms with Gasteiger partial charge in [0.1, 0.15) is 0 Å². The molecule has 5 rings (SSSR count). The van der Waals surface area contributed by atoms with Crippen LogP contribution in [-0.4, -0.2) is 12.4 Å². The van der Waals surface area contributed by atoms with E-state index >= 15 is 0 Å². The lowest BCUT2D eigenvalue weighted by Crippen LogP contribution is -2.16. The lowest BCUT2D eigenvalue weighted by atomic mass is 10.0. The standard InChI is InChI=1S/C29H25NO2S2/c1-21-17-18-22(2)23(19-21)20-28-29(33-24-11-5-3-6-12-24)26-15-9-10-16-27(26)30(28)34(31,32)25-13-7-4-8-14-25/h3-19H,20H2,1-2H3. The summed E-state index contributed by atoms with van der Waals surface area (Å²) in [4.78, 5) is 2.33. The molecule has 0 spiro atoms. The fourth-order valence-corrected chi connectivity index (χ4v) is 6.98. The van der Waals surface area contributed by atoms with Crippen LogP contribution in [0.3, 0.4) is 0 Å². The summed E-state index contributed by atoms with van der Waals surface area (Å²) >= 11 is 1.62. The second kappa shape index (κ2) is 9.16. The van der Waals surface area contributed by atoms with E-state index in [1.165, 1.54) is 0 Å². The SMILES string of the molecule is Cc1ccc(C)c(Cc2c(Sc3ccccc3)c3ccccc3n2S(=O)(=O)c2ccccc2)c1. The molecule has 5 heteroatoms. The highest BCUT2D eigenvalue weighted by molar-refractivity contribution is 7.99. The Kier molecular flexibility index (Phi) is 6.07. The first-order valence-electron chi connectivity index (χ1n) is 11.2. The van der Waals surface area contributed by atoms with Crippen LogP contribution >= 0.6 is 11.8 Å². The van der Waals surface area contributed by atoms with Gasteiger partial charge in [-0.1, -0.05) is 90.1 Å². The summed E-state index contributed by atoms with van der Waals surface area (Å²) < 4.78 is 29.6. The van der Waals surface area contributed by atoms with Gasteiger partial charge in [0.05, 0.1) is 16.1 Å². The second-order valence-corrected chi connectivity index (χ2v) is 11.3. The van der Waals surface area contributed by atoms with Crippen LogP contribution in [0.2, 0.25) is 0 Å². The predicted octanol–water partition coefficient (Wildman–Crippen LogP) is 7.24. The molecule has 1 heterocycles. The van der Waals surface area contributed by atoms with Gasteiger partial charge in [0, 0.05) is 21.6 Å². The summed E-state index contributed by atoms with van der Waals surface area (Å²) in [6, 6.07) is 33.0. The van der Waals surface area contributed by atoms with Crippen LogP contribution in [0.15, 0.2) is 118 Å². The number of aryl methyl sites for hydroxylation is 2. The van der Waals surface area contributed by atoms with Crippen molar-refractivity contribution in [2.24, 2.45) is 0 Å². The van der Waals surface area contributed by atoms with E-state index in [1.54, 1.807) is 40.0 Å². The van der Waals surface area contributed by atoms with E-state index < -0.39 is 10.0 Å². The van der Waals surface area contributed by atoms with Crippen LogP contribution in [0, 0.1) is 13.8 Å². The topological polar surface area (TPSA) is 39.1 Å². The number of nitrogens with zero attached hydrogens (tertiary/aromatic N) is 1. The minimum atomic E-state index is -3.81. The summed E-state index contributed by atoms with van der Waals surface area (Å²) in [7, 11) is -3.81. The van der Waals surface area contributed by atoms with E-state index in [-0.39, 0.29) is 4.90 Å². The summed E-state index contributed by atoms with van der Waals surface area (Å²) in [6.45, 7) is 4.15.